The number of nitrogens with one attached hydrogen (secondary N) is 1. The van der Waals surface area contributed by atoms with Crippen molar-refractivity contribution in [3.05, 3.63) is 90.0 Å². The summed E-state index contributed by atoms with van der Waals surface area (Å²) in [4.78, 5) is 4.61. The summed E-state index contributed by atoms with van der Waals surface area (Å²) in [7, 11) is -3.63. The van der Waals surface area contributed by atoms with Gasteiger partial charge in [0.2, 0.25) is 10.0 Å². The topological polar surface area (TPSA) is 63.5 Å². The number of halogens is 1. The molecule has 5 nitrogen and oxygen atoms in total. The van der Waals surface area contributed by atoms with E-state index in [2.05, 4.69) is 9.71 Å². The van der Waals surface area contributed by atoms with Crippen LogP contribution < -0.4 is 4.72 Å². The van der Waals surface area contributed by atoms with Crippen molar-refractivity contribution < 1.29 is 12.8 Å². The fraction of sp³-hybridized carbons (Fsp3) is 0.0952. The first kappa shape index (κ1) is 18.2. The zero-order valence-corrected chi connectivity index (χ0v) is 15.9. The second-order valence-electron chi connectivity index (χ2n) is 6.66. The summed E-state index contributed by atoms with van der Waals surface area (Å²) in [5.41, 5.74) is 4.48. The molecule has 0 atom stereocenters. The van der Waals surface area contributed by atoms with Crippen LogP contribution in [-0.4, -0.2) is 17.8 Å². The van der Waals surface area contributed by atoms with Crippen LogP contribution in [0.15, 0.2) is 73.1 Å². The van der Waals surface area contributed by atoms with Crippen molar-refractivity contribution in [2.75, 3.05) is 4.72 Å². The molecule has 0 aliphatic carbocycles. The van der Waals surface area contributed by atoms with E-state index in [1.807, 2.05) is 41.9 Å². The quantitative estimate of drug-likeness (QED) is 0.545. The Balaban J connectivity index is 1.58. The number of fused-ring (bicyclic) bond motifs is 1. The molecule has 4 rings (SSSR count). The van der Waals surface area contributed by atoms with Gasteiger partial charge in [-0.2, -0.15) is 0 Å². The molecular formula is C21H18FN3O2S. The monoisotopic (exact) mass is 395 g/mol. The molecule has 2 aromatic heterocycles. The lowest BCUT2D eigenvalue weighted by molar-refractivity contribution is 0.600. The van der Waals surface area contributed by atoms with E-state index in [1.54, 1.807) is 18.2 Å². The molecule has 2 aromatic carbocycles. The van der Waals surface area contributed by atoms with Crippen molar-refractivity contribution in [1.29, 1.82) is 0 Å². The number of hydrogen-bond acceptors (Lipinski definition) is 3. The van der Waals surface area contributed by atoms with Gasteiger partial charge in [0.05, 0.1) is 11.4 Å². The maximum atomic E-state index is 13.0. The Kier molecular flexibility index (Phi) is 4.60. The lowest BCUT2D eigenvalue weighted by atomic mass is 10.1. The van der Waals surface area contributed by atoms with E-state index >= 15 is 0 Å². The Bertz CT molecular complexity index is 1250. The van der Waals surface area contributed by atoms with E-state index in [4.69, 9.17) is 0 Å². The fourth-order valence-electron chi connectivity index (χ4n) is 2.98. The lowest BCUT2D eigenvalue weighted by Gasteiger charge is -2.09. The normalized spacial score (nSPS) is 11.6. The summed E-state index contributed by atoms with van der Waals surface area (Å²) in [6.45, 7) is 2.00. The third kappa shape index (κ3) is 4.04. The number of sulfonamides is 1. The molecule has 0 radical (unpaired) electrons. The van der Waals surface area contributed by atoms with E-state index < -0.39 is 15.8 Å². The predicted molar refractivity (Wildman–Crippen MR) is 108 cm³/mol. The number of anilines is 1. The highest BCUT2D eigenvalue weighted by Gasteiger charge is 2.13. The number of aryl methyl sites for hydroxylation is 1. The van der Waals surface area contributed by atoms with Gasteiger partial charge in [0, 0.05) is 23.6 Å². The highest BCUT2D eigenvalue weighted by atomic mass is 32.2. The number of nitrogens with zero attached hydrogens (tertiary/aromatic N) is 2. The zero-order valence-electron chi connectivity index (χ0n) is 15.1. The van der Waals surface area contributed by atoms with Gasteiger partial charge in [0.25, 0.3) is 0 Å². The second-order valence-corrected chi connectivity index (χ2v) is 8.39. The summed E-state index contributed by atoms with van der Waals surface area (Å²) in [5.74, 6) is -0.630. The summed E-state index contributed by atoms with van der Waals surface area (Å²) in [6, 6.07) is 16.5. The van der Waals surface area contributed by atoms with Crippen molar-refractivity contribution in [1.82, 2.24) is 9.38 Å². The Hall–Kier alpha value is -3.19. The van der Waals surface area contributed by atoms with Crippen LogP contribution in [0, 0.1) is 12.7 Å². The molecule has 0 saturated heterocycles. The van der Waals surface area contributed by atoms with Gasteiger partial charge in [-0.1, -0.05) is 24.3 Å². The largest absolute Gasteiger partial charge is 0.306 e. The molecule has 2 heterocycles. The molecule has 4 aromatic rings. The number of rotatable bonds is 5. The third-order valence-corrected chi connectivity index (χ3v) is 5.58. The molecule has 0 saturated carbocycles. The summed E-state index contributed by atoms with van der Waals surface area (Å²) in [5, 5.41) is 0. The number of hydrogen-bond donors (Lipinski definition) is 1. The number of pyridine rings is 1. The van der Waals surface area contributed by atoms with Crippen LogP contribution in [-0.2, 0) is 15.8 Å². The first-order valence-electron chi connectivity index (χ1n) is 8.69. The van der Waals surface area contributed by atoms with Crippen LogP contribution in [0.4, 0.5) is 10.1 Å². The molecule has 0 unspecified atom stereocenters. The van der Waals surface area contributed by atoms with Gasteiger partial charge in [-0.05, 0) is 54.4 Å². The van der Waals surface area contributed by atoms with E-state index in [1.165, 1.54) is 24.3 Å². The predicted octanol–water partition coefficient (Wildman–Crippen LogP) is 4.39. The van der Waals surface area contributed by atoms with Gasteiger partial charge >= 0.3 is 0 Å². The van der Waals surface area contributed by atoms with E-state index in [9.17, 15) is 12.8 Å². The van der Waals surface area contributed by atoms with Crippen LogP contribution in [0.5, 0.6) is 0 Å². The highest BCUT2D eigenvalue weighted by Crippen LogP contribution is 2.24. The average molecular weight is 395 g/mol. The Morgan fingerprint density at radius 3 is 2.64 bits per heavy atom. The molecule has 28 heavy (non-hydrogen) atoms. The smallest absolute Gasteiger partial charge is 0.236 e. The molecule has 0 aliphatic rings. The van der Waals surface area contributed by atoms with Crippen LogP contribution in [0.1, 0.15) is 11.1 Å². The van der Waals surface area contributed by atoms with E-state index in [0.717, 1.165) is 22.5 Å². The molecule has 142 valence electrons. The minimum atomic E-state index is -3.63. The molecule has 0 amide bonds. The minimum absolute atomic E-state index is 0.231. The van der Waals surface area contributed by atoms with E-state index in [-0.39, 0.29) is 5.75 Å². The molecule has 7 heteroatoms. The molecule has 1 N–H and O–H groups in total. The van der Waals surface area contributed by atoms with Crippen molar-refractivity contribution in [2.24, 2.45) is 0 Å². The van der Waals surface area contributed by atoms with E-state index in [0.29, 0.717) is 11.3 Å². The average Bonchev–Trinajstić information content (AvgIpc) is 3.06. The van der Waals surface area contributed by atoms with Crippen molar-refractivity contribution >= 4 is 21.4 Å². The SMILES string of the molecule is Cc1ccn2cc(-c3cccc(NS(=O)(=O)Cc4ccc(F)cc4)c3)nc2c1. The number of aromatic nitrogens is 2. The Morgan fingerprint density at radius 2 is 1.86 bits per heavy atom. The van der Waals surface area contributed by atoms with Crippen LogP contribution in [0.25, 0.3) is 16.9 Å². The molecule has 0 aliphatic heterocycles. The summed E-state index contributed by atoms with van der Waals surface area (Å²) >= 11 is 0. The van der Waals surface area contributed by atoms with Crippen molar-refractivity contribution in [2.45, 2.75) is 12.7 Å². The first-order chi connectivity index (χ1) is 13.4. The molecular weight excluding hydrogens is 377 g/mol. The highest BCUT2D eigenvalue weighted by molar-refractivity contribution is 7.91. The Labute approximate surface area is 162 Å². The number of benzene rings is 2. The first-order valence-corrected chi connectivity index (χ1v) is 10.3. The van der Waals surface area contributed by atoms with Gasteiger partial charge in [-0.25, -0.2) is 17.8 Å². The number of imidazole rings is 1. The van der Waals surface area contributed by atoms with Gasteiger partial charge < -0.3 is 4.40 Å². The van der Waals surface area contributed by atoms with Crippen LogP contribution in [0.2, 0.25) is 0 Å². The van der Waals surface area contributed by atoms with Gasteiger partial charge in [-0.15, -0.1) is 0 Å². The molecule has 0 fully saturated rings. The standard InChI is InChI=1S/C21H18FN3O2S/c1-15-9-10-25-13-20(23-21(25)11-15)17-3-2-4-19(12-17)24-28(26,27)14-16-5-7-18(22)8-6-16/h2-13,24H,14H2,1H3. The van der Waals surface area contributed by atoms with Gasteiger partial charge in [0.1, 0.15) is 11.5 Å². The maximum Gasteiger partial charge on any atom is 0.236 e. The van der Waals surface area contributed by atoms with Crippen molar-refractivity contribution in [3.63, 3.8) is 0 Å². The van der Waals surface area contributed by atoms with Crippen LogP contribution in [0.3, 0.4) is 0 Å². The maximum absolute atomic E-state index is 13.0. The molecule has 0 spiro atoms. The fourth-order valence-corrected chi connectivity index (χ4v) is 4.17. The van der Waals surface area contributed by atoms with Crippen molar-refractivity contribution in [3.8, 4) is 11.3 Å². The summed E-state index contributed by atoms with van der Waals surface area (Å²) in [6.07, 6.45) is 3.84. The minimum Gasteiger partial charge on any atom is -0.306 e. The third-order valence-electron chi connectivity index (χ3n) is 4.32. The zero-order chi connectivity index (χ0) is 19.7. The second kappa shape index (κ2) is 7.09. The molecule has 0 bridgehead atoms. The lowest BCUT2D eigenvalue weighted by Crippen LogP contribution is -2.15. The van der Waals surface area contributed by atoms with Crippen LogP contribution >= 0.6 is 0 Å². The van der Waals surface area contributed by atoms with Gasteiger partial charge in [0.15, 0.2) is 0 Å². The summed E-state index contributed by atoms with van der Waals surface area (Å²) < 4.78 is 42.4. The van der Waals surface area contributed by atoms with Gasteiger partial charge in [-0.3, -0.25) is 4.72 Å². The Morgan fingerprint density at radius 1 is 1.07 bits per heavy atom.